The Morgan fingerprint density at radius 1 is 0.767 bits per heavy atom. The van der Waals surface area contributed by atoms with Crippen LogP contribution in [0.5, 0.6) is 0 Å². The number of alkyl halides is 10. The van der Waals surface area contributed by atoms with Gasteiger partial charge >= 0.3 is 38.9 Å². The first-order valence-corrected chi connectivity index (χ1v) is 15.4. The molecule has 0 amide bonds. The zero-order chi connectivity index (χ0) is 24.2. The van der Waals surface area contributed by atoms with E-state index in [0.717, 1.165) is 0 Å². The van der Waals surface area contributed by atoms with Gasteiger partial charge in [0.1, 0.15) is 6.61 Å². The Morgan fingerprint density at radius 2 is 1.23 bits per heavy atom. The van der Waals surface area contributed by atoms with Crippen molar-refractivity contribution in [3.8, 4) is 0 Å². The van der Waals surface area contributed by atoms with Gasteiger partial charge < -0.3 is 12.7 Å². The van der Waals surface area contributed by atoms with E-state index in [4.69, 9.17) is 0 Å². The number of rotatable bonds is 14. The quantitative estimate of drug-likeness (QED) is 0.246. The van der Waals surface area contributed by atoms with Gasteiger partial charge in [0.2, 0.25) is 21.0 Å². The van der Waals surface area contributed by atoms with E-state index in [2.05, 4.69) is 33.6 Å². The summed E-state index contributed by atoms with van der Waals surface area (Å²) in [6.45, 7) is 0.0420. The lowest BCUT2D eigenvalue weighted by Crippen LogP contribution is -2.56. The maximum Gasteiger partial charge on any atom is 0.371 e. The monoisotopic (exact) mass is 539 g/mol. The lowest BCUT2D eigenvalue weighted by molar-refractivity contribution is -0.296. The second-order valence-corrected chi connectivity index (χ2v) is 17.6. The molecule has 3 nitrogen and oxygen atoms in total. The van der Waals surface area contributed by atoms with Crippen molar-refractivity contribution in [3.63, 3.8) is 0 Å². The molecule has 0 unspecified atom stereocenters. The zero-order valence-electron chi connectivity index (χ0n) is 15.8. The fraction of sp³-hybridized carbons (Fsp3) is 1.00. The summed E-state index contributed by atoms with van der Waals surface area (Å²) in [5.74, 6) is -25.6. The predicted octanol–water partition coefficient (Wildman–Crippen LogP) is 4.10. The molecular weight excluding hydrogens is 523 g/mol. The van der Waals surface area contributed by atoms with Crippen LogP contribution in [-0.4, -0.2) is 83.3 Å². The minimum absolute atomic E-state index is 0.407. The highest BCUT2D eigenvalue weighted by molar-refractivity contribution is 7.18. The van der Waals surface area contributed by atoms with E-state index in [-0.39, 0.29) is 0 Å². The SMILES string of the molecule is C[Si](C)[Si](CC(F)(F)C(F)(F)C(C)(F)F)OCC(F)(F)C(F)(F)CC[Si](O[Si])O[Si]. The second-order valence-electron chi connectivity index (χ2n) is 6.54. The molecule has 0 saturated carbocycles. The molecule has 9 radical (unpaired) electrons. The Labute approximate surface area is 178 Å². The molecule has 0 aromatic carbocycles. The molecule has 0 N–H and O–H groups in total. The van der Waals surface area contributed by atoms with Crippen molar-refractivity contribution in [1.29, 1.82) is 0 Å². The highest BCUT2D eigenvalue weighted by atomic mass is 29.2. The van der Waals surface area contributed by atoms with Gasteiger partial charge in [-0.25, -0.2) is 0 Å². The normalized spacial score (nSPS) is 15.0. The van der Waals surface area contributed by atoms with E-state index in [1.165, 1.54) is 13.1 Å². The molecule has 173 valence electrons. The summed E-state index contributed by atoms with van der Waals surface area (Å²) in [7, 11) is -2.68. The molecule has 0 aliphatic carbocycles. The number of hydrogen-bond donors (Lipinski definition) is 0. The van der Waals surface area contributed by atoms with Gasteiger partial charge in [0.15, 0.2) is 8.56 Å². The molecule has 0 spiro atoms. The Hall–Kier alpha value is 0.264. The third kappa shape index (κ3) is 7.69. The lowest BCUT2D eigenvalue weighted by Gasteiger charge is -2.34. The van der Waals surface area contributed by atoms with Gasteiger partial charge in [-0.15, -0.1) is 0 Å². The largest absolute Gasteiger partial charge is 0.436 e. The average molecular weight is 540 g/mol. The molecule has 0 atom stereocenters. The molecule has 18 heteroatoms. The van der Waals surface area contributed by atoms with Crippen molar-refractivity contribution in [2.45, 2.75) is 68.1 Å². The van der Waals surface area contributed by atoms with Crippen LogP contribution in [0.4, 0.5) is 43.9 Å². The molecule has 0 saturated heterocycles. The zero-order valence-corrected chi connectivity index (χ0v) is 20.8. The van der Waals surface area contributed by atoms with Crippen LogP contribution in [0.15, 0.2) is 0 Å². The Kier molecular flexibility index (Phi) is 11.0. The standard InChI is InChI=1S/C12H17F10O3Si5/c1-8(13,14)12(21,22)11(19,20)7-30(28(2)3)23-6-10(17,18)9(15,16)4-5-29(24-26)25-27/h4-7H2,1-3H3. The first-order chi connectivity index (χ1) is 13.3. The first-order valence-electron chi connectivity index (χ1n) is 7.97. The van der Waals surface area contributed by atoms with Gasteiger partial charge in [-0.05, 0) is 6.04 Å². The fourth-order valence-corrected chi connectivity index (χ4v) is 8.26. The summed E-state index contributed by atoms with van der Waals surface area (Å²) < 4.78 is 149. The molecule has 30 heavy (non-hydrogen) atoms. The molecule has 0 aliphatic rings. The van der Waals surface area contributed by atoms with Crippen LogP contribution in [0, 0.1) is 0 Å². The maximum atomic E-state index is 13.9. The van der Waals surface area contributed by atoms with Crippen molar-refractivity contribution in [3.05, 3.63) is 0 Å². The van der Waals surface area contributed by atoms with Crippen LogP contribution in [0.25, 0.3) is 0 Å². The van der Waals surface area contributed by atoms with Crippen LogP contribution in [-0.2, 0) is 12.7 Å². The van der Waals surface area contributed by atoms with Gasteiger partial charge in [-0.3, -0.25) is 0 Å². The van der Waals surface area contributed by atoms with Crippen molar-refractivity contribution in [2.24, 2.45) is 0 Å². The Morgan fingerprint density at radius 3 is 1.60 bits per heavy atom. The molecule has 0 heterocycles. The number of halogens is 10. The van der Waals surface area contributed by atoms with Gasteiger partial charge in [-0.1, -0.05) is 13.1 Å². The van der Waals surface area contributed by atoms with Gasteiger partial charge in [0.25, 0.3) is 0 Å². The summed E-state index contributed by atoms with van der Waals surface area (Å²) in [4.78, 5) is 0. The molecule has 0 aliphatic heterocycles. The summed E-state index contributed by atoms with van der Waals surface area (Å²) in [5, 5.41) is 0. The van der Waals surface area contributed by atoms with E-state index in [0.29, 0.717) is 0 Å². The smallest absolute Gasteiger partial charge is 0.371 e. The van der Waals surface area contributed by atoms with Crippen LogP contribution in [0.3, 0.4) is 0 Å². The fourth-order valence-electron chi connectivity index (χ4n) is 1.85. The molecule has 0 aromatic rings. The molecule has 0 rings (SSSR count). The molecule has 0 aromatic heterocycles. The summed E-state index contributed by atoms with van der Waals surface area (Å²) in [5.41, 5.74) is 0. The lowest BCUT2D eigenvalue weighted by atomic mass is 10.1. The van der Waals surface area contributed by atoms with Crippen molar-refractivity contribution in [1.82, 2.24) is 0 Å². The van der Waals surface area contributed by atoms with E-state index in [9.17, 15) is 43.9 Å². The van der Waals surface area contributed by atoms with E-state index >= 15 is 0 Å². The summed E-state index contributed by atoms with van der Waals surface area (Å²) >= 11 is 0. The molecule has 0 fully saturated rings. The third-order valence-corrected chi connectivity index (χ3v) is 12.9. The number of hydrogen-bond acceptors (Lipinski definition) is 3. The summed E-state index contributed by atoms with van der Waals surface area (Å²) in [6.07, 6.45) is -1.42. The van der Waals surface area contributed by atoms with E-state index in [1.807, 2.05) is 0 Å². The van der Waals surface area contributed by atoms with E-state index < -0.39 is 87.8 Å². The average Bonchev–Trinajstić information content (AvgIpc) is 2.57. The topological polar surface area (TPSA) is 27.7 Å². The summed E-state index contributed by atoms with van der Waals surface area (Å²) in [6, 6.07) is -2.55. The van der Waals surface area contributed by atoms with Crippen LogP contribution < -0.4 is 0 Å². The Balaban J connectivity index is 5.29. The van der Waals surface area contributed by atoms with Crippen LogP contribution in [0.1, 0.15) is 13.3 Å². The van der Waals surface area contributed by atoms with Crippen LogP contribution >= 0.6 is 0 Å². The van der Waals surface area contributed by atoms with Gasteiger partial charge in [-0.2, -0.15) is 43.9 Å². The second kappa shape index (κ2) is 10.9. The minimum Gasteiger partial charge on any atom is -0.436 e. The van der Waals surface area contributed by atoms with Crippen LogP contribution in [0.2, 0.25) is 25.2 Å². The highest BCUT2D eigenvalue weighted by Crippen LogP contribution is 2.48. The first kappa shape index (κ1) is 30.3. The van der Waals surface area contributed by atoms with Crippen molar-refractivity contribution >= 4 is 47.1 Å². The molecule has 0 bridgehead atoms. The van der Waals surface area contributed by atoms with Crippen molar-refractivity contribution in [2.75, 3.05) is 6.61 Å². The third-order valence-electron chi connectivity index (χ3n) is 3.78. The van der Waals surface area contributed by atoms with Crippen molar-refractivity contribution < 1.29 is 56.6 Å². The Bertz CT molecular complexity index is 531. The van der Waals surface area contributed by atoms with Gasteiger partial charge in [0, 0.05) is 19.4 Å². The minimum atomic E-state index is -5.77. The van der Waals surface area contributed by atoms with Gasteiger partial charge in [0.05, 0.1) is 8.31 Å². The molecular formula is C12H17F10O3Si5. The maximum absolute atomic E-state index is 13.9. The van der Waals surface area contributed by atoms with E-state index in [1.54, 1.807) is 0 Å². The predicted molar refractivity (Wildman–Crippen MR) is 93.3 cm³/mol. The highest BCUT2D eigenvalue weighted by Gasteiger charge is 2.69.